The molecule has 0 heterocycles. The Kier molecular flexibility index (Phi) is 4.64. The summed E-state index contributed by atoms with van der Waals surface area (Å²) in [6.07, 6.45) is 0. The van der Waals surface area contributed by atoms with Crippen LogP contribution < -0.4 is 10.5 Å². The second kappa shape index (κ2) is 5.62. The van der Waals surface area contributed by atoms with Crippen LogP contribution in [0.5, 0.6) is 5.75 Å². The number of carboxylic acid groups (broad SMARTS) is 1. The van der Waals surface area contributed by atoms with Gasteiger partial charge in [0.2, 0.25) is 0 Å². The molecule has 1 aromatic rings. The van der Waals surface area contributed by atoms with Gasteiger partial charge in [0, 0.05) is 5.56 Å². The molecule has 0 aliphatic heterocycles. The van der Waals surface area contributed by atoms with Gasteiger partial charge in [-0.15, -0.1) is 0 Å². The average Bonchev–Trinajstić information content (AvgIpc) is 2.30. The van der Waals surface area contributed by atoms with E-state index in [0.717, 1.165) is 12.1 Å². The molecule has 0 saturated heterocycles. The number of nitrogens with two attached hydrogens (primary N) is 1. The summed E-state index contributed by atoms with van der Waals surface area (Å²) in [4.78, 5) is 10.6. The van der Waals surface area contributed by atoms with E-state index in [-0.39, 0.29) is 5.75 Å². The minimum atomic E-state index is -3.67. The van der Waals surface area contributed by atoms with E-state index in [2.05, 4.69) is 15.9 Å². The molecule has 100 valence electrons. The van der Waals surface area contributed by atoms with Crippen LogP contribution in [0.15, 0.2) is 22.7 Å². The molecule has 0 fully saturated rings. The van der Waals surface area contributed by atoms with Gasteiger partial charge in [0.15, 0.2) is 6.04 Å². The number of rotatable bonds is 5. The summed E-state index contributed by atoms with van der Waals surface area (Å²) in [5.74, 6) is -5.22. The molecule has 18 heavy (non-hydrogen) atoms. The summed E-state index contributed by atoms with van der Waals surface area (Å²) in [5.41, 5.74) is 4.49. The third-order valence-corrected chi connectivity index (χ3v) is 2.93. The van der Waals surface area contributed by atoms with E-state index in [1.165, 1.54) is 6.07 Å². The highest BCUT2D eigenvalue weighted by molar-refractivity contribution is 9.10. The topological polar surface area (TPSA) is 72.5 Å². The number of benzene rings is 1. The molecule has 1 unspecified atom stereocenters. The van der Waals surface area contributed by atoms with Crippen molar-refractivity contribution in [2.45, 2.75) is 18.9 Å². The molecule has 3 N–H and O–H groups in total. The molecule has 0 amide bonds. The third-order valence-electron chi connectivity index (χ3n) is 2.27. The largest absolute Gasteiger partial charge is 0.493 e. The molecule has 0 saturated carbocycles. The summed E-state index contributed by atoms with van der Waals surface area (Å²) in [5, 5.41) is 8.56. The number of aliphatic carboxylic acids is 1. The van der Waals surface area contributed by atoms with Crippen molar-refractivity contribution in [1.29, 1.82) is 0 Å². The van der Waals surface area contributed by atoms with E-state index in [1.807, 2.05) is 0 Å². The van der Waals surface area contributed by atoms with Gasteiger partial charge in [0.05, 0.1) is 11.1 Å². The van der Waals surface area contributed by atoms with Gasteiger partial charge < -0.3 is 15.6 Å². The van der Waals surface area contributed by atoms with E-state index in [1.54, 1.807) is 6.92 Å². The highest BCUT2D eigenvalue weighted by Crippen LogP contribution is 2.36. The summed E-state index contributed by atoms with van der Waals surface area (Å²) < 4.78 is 33.2. The first kappa shape index (κ1) is 14.8. The average molecular weight is 324 g/mol. The Morgan fingerprint density at radius 1 is 1.61 bits per heavy atom. The van der Waals surface area contributed by atoms with Crippen LogP contribution in [0.2, 0.25) is 0 Å². The van der Waals surface area contributed by atoms with Crippen LogP contribution in [0.1, 0.15) is 12.5 Å². The summed E-state index contributed by atoms with van der Waals surface area (Å²) in [6.45, 7) is 2.01. The van der Waals surface area contributed by atoms with Gasteiger partial charge in [-0.2, -0.15) is 8.78 Å². The van der Waals surface area contributed by atoms with Crippen LogP contribution in [0.25, 0.3) is 0 Å². The molecule has 0 radical (unpaired) electrons. The van der Waals surface area contributed by atoms with Crippen LogP contribution in [-0.2, 0) is 10.7 Å². The predicted octanol–water partition coefficient (Wildman–Crippen LogP) is 2.35. The Bertz CT molecular complexity index is 454. The van der Waals surface area contributed by atoms with Gasteiger partial charge in [0.25, 0.3) is 5.92 Å². The van der Waals surface area contributed by atoms with Crippen molar-refractivity contribution in [1.82, 2.24) is 0 Å². The molecule has 0 spiro atoms. The number of halogens is 3. The number of ether oxygens (including phenoxy) is 1. The summed E-state index contributed by atoms with van der Waals surface area (Å²) in [6, 6.07) is 1.25. The first-order chi connectivity index (χ1) is 8.30. The fourth-order valence-electron chi connectivity index (χ4n) is 1.31. The van der Waals surface area contributed by atoms with Gasteiger partial charge >= 0.3 is 5.97 Å². The van der Waals surface area contributed by atoms with E-state index in [0.29, 0.717) is 11.1 Å². The zero-order valence-corrected chi connectivity index (χ0v) is 11.1. The fraction of sp³-hybridized carbons (Fsp3) is 0.364. The third kappa shape index (κ3) is 2.97. The molecule has 1 aromatic carbocycles. The van der Waals surface area contributed by atoms with Crippen LogP contribution >= 0.6 is 15.9 Å². The SMILES string of the molecule is CCOc1cc(C(F)(F)C(N)C(=O)O)ccc1Br. The maximum atomic E-state index is 13.8. The first-order valence-electron chi connectivity index (χ1n) is 5.09. The lowest BCUT2D eigenvalue weighted by Gasteiger charge is -2.21. The van der Waals surface area contributed by atoms with E-state index in [9.17, 15) is 13.6 Å². The van der Waals surface area contributed by atoms with Crippen molar-refractivity contribution in [2.24, 2.45) is 5.73 Å². The second-order valence-corrected chi connectivity index (χ2v) is 4.37. The molecular weight excluding hydrogens is 312 g/mol. The Morgan fingerprint density at radius 2 is 2.22 bits per heavy atom. The maximum Gasteiger partial charge on any atom is 0.327 e. The molecule has 0 aromatic heterocycles. The van der Waals surface area contributed by atoms with Gasteiger partial charge in [-0.05, 0) is 35.0 Å². The van der Waals surface area contributed by atoms with Crippen molar-refractivity contribution < 1.29 is 23.4 Å². The highest BCUT2D eigenvalue weighted by atomic mass is 79.9. The van der Waals surface area contributed by atoms with E-state index in [4.69, 9.17) is 15.6 Å². The molecular formula is C11H12BrF2NO3. The molecule has 4 nitrogen and oxygen atoms in total. The Balaban J connectivity index is 3.16. The zero-order valence-electron chi connectivity index (χ0n) is 9.49. The predicted molar refractivity (Wildman–Crippen MR) is 64.8 cm³/mol. The van der Waals surface area contributed by atoms with Crippen molar-refractivity contribution in [3.05, 3.63) is 28.2 Å². The van der Waals surface area contributed by atoms with Crippen LogP contribution in [0.4, 0.5) is 8.78 Å². The molecule has 7 heteroatoms. The molecule has 1 atom stereocenters. The molecule has 1 rings (SSSR count). The molecule has 0 aliphatic rings. The summed E-state index contributed by atoms with van der Waals surface area (Å²) >= 11 is 3.15. The maximum absolute atomic E-state index is 13.8. The van der Waals surface area contributed by atoms with Gasteiger partial charge in [0.1, 0.15) is 5.75 Å². The lowest BCUT2D eigenvalue weighted by atomic mass is 10.0. The van der Waals surface area contributed by atoms with Gasteiger partial charge in [-0.3, -0.25) is 4.79 Å². The summed E-state index contributed by atoms with van der Waals surface area (Å²) in [7, 11) is 0. The van der Waals surface area contributed by atoms with Gasteiger partial charge in [-0.25, -0.2) is 0 Å². The molecule has 0 bridgehead atoms. The quantitative estimate of drug-likeness (QED) is 0.872. The van der Waals surface area contributed by atoms with Crippen molar-refractivity contribution in [2.75, 3.05) is 6.61 Å². The minimum Gasteiger partial charge on any atom is -0.493 e. The monoisotopic (exact) mass is 323 g/mol. The van der Waals surface area contributed by atoms with E-state index >= 15 is 0 Å². The second-order valence-electron chi connectivity index (χ2n) is 3.52. The number of hydrogen-bond acceptors (Lipinski definition) is 3. The highest BCUT2D eigenvalue weighted by Gasteiger charge is 2.44. The number of carboxylic acids is 1. The Morgan fingerprint density at radius 3 is 2.72 bits per heavy atom. The van der Waals surface area contributed by atoms with Crippen LogP contribution in [-0.4, -0.2) is 23.7 Å². The number of alkyl halides is 2. The standard InChI is InChI=1S/C11H12BrF2NO3/c1-2-18-8-5-6(3-4-7(8)12)11(13,14)9(15)10(16)17/h3-5,9H,2,15H2,1H3,(H,16,17). The fourth-order valence-corrected chi connectivity index (χ4v) is 1.67. The zero-order chi connectivity index (χ0) is 13.9. The lowest BCUT2D eigenvalue weighted by molar-refractivity contribution is -0.149. The van der Waals surface area contributed by atoms with Gasteiger partial charge in [-0.1, -0.05) is 6.07 Å². The smallest absolute Gasteiger partial charge is 0.327 e. The van der Waals surface area contributed by atoms with Crippen molar-refractivity contribution >= 4 is 21.9 Å². The number of hydrogen-bond donors (Lipinski definition) is 2. The number of carbonyl (C=O) groups is 1. The van der Waals surface area contributed by atoms with Crippen molar-refractivity contribution in [3.63, 3.8) is 0 Å². The van der Waals surface area contributed by atoms with Crippen LogP contribution in [0, 0.1) is 0 Å². The van der Waals surface area contributed by atoms with E-state index < -0.39 is 23.5 Å². The minimum absolute atomic E-state index is 0.215. The first-order valence-corrected chi connectivity index (χ1v) is 5.89. The Hall–Kier alpha value is -1.21. The lowest BCUT2D eigenvalue weighted by Crippen LogP contribution is -2.45. The normalized spacial score (nSPS) is 13.2. The molecule has 0 aliphatic carbocycles. The van der Waals surface area contributed by atoms with Crippen molar-refractivity contribution in [3.8, 4) is 5.75 Å². The Labute approximate surface area is 111 Å². The van der Waals surface area contributed by atoms with Crippen LogP contribution in [0.3, 0.4) is 0 Å².